The molecule has 1 aromatic heterocycles. The second-order valence-corrected chi connectivity index (χ2v) is 6.53. The number of halogens is 1. The Balaban J connectivity index is 2.42. The number of ketones is 1. The van der Waals surface area contributed by atoms with E-state index in [0.717, 1.165) is 6.42 Å². The molecule has 1 N–H and O–H groups in total. The number of amides is 1. The smallest absolute Gasteiger partial charge is 0.220 e. The molecule has 0 aliphatic carbocycles. The molecule has 0 spiro atoms. The second kappa shape index (κ2) is 6.34. The van der Waals surface area contributed by atoms with Gasteiger partial charge in [0.25, 0.3) is 0 Å². The minimum Gasteiger partial charge on any atom is -0.351 e. The molecule has 0 atom stereocenters. The number of hydrogen-bond donors (Lipinski definition) is 1. The van der Waals surface area contributed by atoms with E-state index in [-0.39, 0.29) is 30.1 Å². The third-order valence-electron chi connectivity index (χ3n) is 2.79. The summed E-state index contributed by atoms with van der Waals surface area (Å²) in [5, 5.41) is 2.90. The average molecular weight is 288 g/mol. The van der Waals surface area contributed by atoms with Crippen molar-refractivity contribution in [3.05, 3.63) is 21.3 Å². The van der Waals surface area contributed by atoms with Crippen molar-refractivity contribution in [3.8, 4) is 0 Å². The van der Waals surface area contributed by atoms with Gasteiger partial charge < -0.3 is 5.32 Å². The van der Waals surface area contributed by atoms with Crippen LogP contribution in [-0.2, 0) is 4.79 Å². The van der Waals surface area contributed by atoms with Crippen LogP contribution in [0.1, 0.15) is 49.7 Å². The lowest BCUT2D eigenvalue weighted by Crippen LogP contribution is -2.42. The molecule has 3 nitrogen and oxygen atoms in total. The van der Waals surface area contributed by atoms with Crippen molar-refractivity contribution in [1.82, 2.24) is 5.32 Å². The van der Waals surface area contributed by atoms with Crippen molar-refractivity contribution in [3.63, 3.8) is 0 Å². The highest BCUT2D eigenvalue weighted by Gasteiger charge is 2.18. The number of rotatable bonds is 6. The topological polar surface area (TPSA) is 46.2 Å². The van der Waals surface area contributed by atoms with Gasteiger partial charge in [0.05, 0.1) is 9.21 Å². The number of nitrogens with one attached hydrogen (secondary N) is 1. The van der Waals surface area contributed by atoms with Crippen LogP contribution in [0.3, 0.4) is 0 Å². The van der Waals surface area contributed by atoms with E-state index in [2.05, 4.69) is 5.32 Å². The number of carbonyl (C=O) groups excluding carboxylic acids is 2. The van der Waals surface area contributed by atoms with Crippen molar-refractivity contribution in [2.24, 2.45) is 0 Å². The quantitative estimate of drug-likeness (QED) is 0.812. The summed E-state index contributed by atoms with van der Waals surface area (Å²) in [6.45, 7) is 5.94. The molecule has 0 saturated heterocycles. The van der Waals surface area contributed by atoms with Crippen molar-refractivity contribution in [2.45, 2.75) is 45.6 Å². The van der Waals surface area contributed by atoms with Gasteiger partial charge in [-0.3, -0.25) is 9.59 Å². The summed E-state index contributed by atoms with van der Waals surface area (Å²) in [6.07, 6.45) is 1.30. The molecule has 18 heavy (non-hydrogen) atoms. The molecule has 1 aromatic rings. The van der Waals surface area contributed by atoms with Crippen LogP contribution in [0.4, 0.5) is 0 Å². The fraction of sp³-hybridized carbons (Fsp3) is 0.538. The first-order chi connectivity index (χ1) is 8.34. The average Bonchev–Trinajstić information content (AvgIpc) is 2.72. The first-order valence-corrected chi connectivity index (χ1v) is 7.13. The lowest BCUT2D eigenvalue weighted by molar-refractivity contribution is -0.122. The maximum absolute atomic E-state index is 11.8. The summed E-state index contributed by atoms with van der Waals surface area (Å²) in [7, 11) is 0. The maximum Gasteiger partial charge on any atom is 0.220 e. The Morgan fingerprint density at radius 3 is 2.50 bits per heavy atom. The van der Waals surface area contributed by atoms with Crippen LogP contribution in [0, 0.1) is 0 Å². The molecule has 0 saturated carbocycles. The Kier molecular flexibility index (Phi) is 5.35. The molecule has 1 amide bonds. The van der Waals surface area contributed by atoms with E-state index < -0.39 is 0 Å². The van der Waals surface area contributed by atoms with Crippen molar-refractivity contribution in [2.75, 3.05) is 0 Å². The fourth-order valence-electron chi connectivity index (χ4n) is 1.34. The molecule has 0 bridgehead atoms. The van der Waals surface area contributed by atoms with E-state index in [1.54, 1.807) is 12.1 Å². The number of thiophene rings is 1. The van der Waals surface area contributed by atoms with Gasteiger partial charge in [-0.2, -0.15) is 0 Å². The number of carbonyl (C=O) groups is 2. The minimum absolute atomic E-state index is 0.0312. The number of Topliss-reactive ketones (excluding diaryl/α,β-unsaturated/α-hetero) is 1. The SMILES string of the molecule is CCC(C)(C)NC(=O)CCC(=O)c1ccc(Cl)s1. The Labute approximate surface area is 117 Å². The standard InChI is InChI=1S/C13H18ClNO2S/c1-4-13(2,3)15-12(17)8-5-9(16)10-6-7-11(14)18-10/h6-7H,4-5,8H2,1-3H3,(H,15,17). The van der Waals surface area contributed by atoms with Crippen LogP contribution >= 0.6 is 22.9 Å². The van der Waals surface area contributed by atoms with Crippen molar-refractivity contribution in [1.29, 1.82) is 0 Å². The van der Waals surface area contributed by atoms with Gasteiger partial charge in [-0.1, -0.05) is 18.5 Å². The van der Waals surface area contributed by atoms with E-state index in [4.69, 9.17) is 11.6 Å². The molecular formula is C13H18ClNO2S. The van der Waals surface area contributed by atoms with E-state index in [0.29, 0.717) is 9.21 Å². The molecule has 1 rings (SSSR count). The maximum atomic E-state index is 11.8. The van der Waals surface area contributed by atoms with Gasteiger partial charge in [0.15, 0.2) is 5.78 Å². The lowest BCUT2D eigenvalue weighted by Gasteiger charge is -2.24. The molecule has 0 unspecified atom stereocenters. The zero-order valence-corrected chi connectivity index (χ0v) is 12.5. The lowest BCUT2D eigenvalue weighted by atomic mass is 10.0. The van der Waals surface area contributed by atoms with Crippen LogP contribution in [0.5, 0.6) is 0 Å². The highest BCUT2D eigenvalue weighted by Crippen LogP contribution is 2.22. The molecule has 0 aliphatic heterocycles. The Hall–Kier alpha value is -0.870. The summed E-state index contributed by atoms with van der Waals surface area (Å²) >= 11 is 7.01. The summed E-state index contributed by atoms with van der Waals surface area (Å²) in [5.41, 5.74) is -0.216. The molecule has 0 aliphatic rings. The van der Waals surface area contributed by atoms with Gasteiger partial charge in [-0.25, -0.2) is 0 Å². The van der Waals surface area contributed by atoms with Gasteiger partial charge in [0, 0.05) is 18.4 Å². The summed E-state index contributed by atoms with van der Waals surface area (Å²) in [6, 6.07) is 3.39. The molecule has 100 valence electrons. The third kappa shape index (κ3) is 4.78. The Morgan fingerprint density at radius 1 is 1.33 bits per heavy atom. The highest BCUT2D eigenvalue weighted by molar-refractivity contribution is 7.18. The van der Waals surface area contributed by atoms with Crippen LogP contribution in [-0.4, -0.2) is 17.2 Å². The van der Waals surface area contributed by atoms with Gasteiger partial charge >= 0.3 is 0 Å². The van der Waals surface area contributed by atoms with Crippen molar-refractivity contribution < 1.29 is 9.59 Å². The van der Waals surface area contributed by atoms with Gasteiger partial charge in [0.2, 0.25) is 5.91 Å². The predicted octanol–water partition coefficient (Wildman–Crippen LogP) is 3.67. The molecule has 5 heteroatoms. The first kappa shape index (κ1) is 15.2. The van der Waals surface area contributed by atoms with Crippen LogP contribution in [0.25, 0.3) is 0 Å². The molecule has 0 radical (unpaired) electrons. The molecule has 1 heterocycles. The largest absolute Gasteiger partial charge is 0.351 e. The Morgan fingerprint density at radius 2 is 2.00 bits per heavy atom. The molecular weight excluding hydrogens is 270 g/mol. The highest BCUT2D eigenvalue weighted by atomic mass is 35.5. The summed E-state index contributed by atoms with van der Waals surface area (Å²) in [5.74, 6) is -0.116. The van der Waals surface area contributed by atoms with Gasteiger partial charge in [-0.15, -0.1) is 11.3 Å². The normalized spacial score (nSPS) is 11.3. The minimum atomic E-state index is -0.216. The molecule has 0 fully saturated rings. The van der Waals surface area contributed by atoms with E-state index >= 15 is 0 Å². The van der Waals surface area contributed by atoms with Crippen LogP contribution in [0.2, 0.25) is 4.34 Å². The van der Waals surface area contributed by atoms with Crippen LogP contribution in [0.15, 0.2) is 12.1 Å². The van der Waals surface area contributed by atoms with Crippen molar-refractivity contribution >= 4 is 34.6 Å². The zero-order valence-electron chi connectivity index (χ0n) is 10.9. The van der Waals surface area contributed by atoms with Gasteiger partial charge in [-0.05, 0) is 32.4 Å². The molecule has 0 aromatic carbocycles. The van der Waals surface area contributed by atoms with E-state index in [1.807, 2.05) is 20.8 Å². The summed E-state index contributed by atoms with van der Waals surface area (Å²) in [4.78, 5) is 24.1. The zero-order chi connectivity index (χ0) is 13.8. The van der Waals surface area contributed by atoms with E-state index in [1.165, 1.54) is 11.3 Å². The predicted molar refractivity (Wildman–Crippen MR) is 75.4 cm³/mol. The summed E-state index contributed by atoms with van der Waals surface area (Å²) < 4.78 is 0.593. The van der Waals surface area contributed by atoms with E-state index in [9.17, 15) is 9.59 Å². The van der Waals surface area contributed by atoms with Crippen LogP contribution < -0.4 is 5.32 Å². The Bertz CT molecular complexity index is 440. The third-order valence-corrected chi connectivity index (χ3v) is 4.06. The monoisotopic (exact) mass is 287 g/mol. The second-order valence-electron chi connectivity index (χ2n) is 4.81. The fourth-order valence-corrected chi connectivity index (χ4v) is 2.35. The van der Waals surface area contributed by atoms with Gasteiger partial charge in [0.1, 0.15) is 0 Å². The number of hydrogen-bond acceptors (Lipinski definition) is 3. The first-order valence-electron chi connectivity index (χ1n) is 5.93.